The standard InChI is InChI=1S/C15H17N5S/c1-19-13(2-6-18-19)11-3-7-20(8-4-11)14-12-5-9-21-15(12)17-10-16-14/h2,5-6,9-11H,3-4,7-8H2,1H3. The number of anilines is 1. The monoisotopic (exact) mass is 299 g/mol. The molecule has 6 heteroatoms. The molecule has 1 saturated heterocycles. The van der Waals surface area contributed by atoms with Crippen LogP contribution in [0.3, 0.4) is 0 Å². The normalized spacial score (nSPS) is 16.7. The highest BCUT2D eigenvalue weighted by atomic mass is 32.1. The molecule has 0 spiro atoms. The van der Waals surface area contributed by atoms with E-state index in [2.05, 4.69) is 37.5 Å². The van der Waals surface area contributed by atoms with Crippen molar-refractivity contribution in [3.8, 4) is 0 Å². The number of rotatable bonds is 2. The first-order valence-corrected chi connectivity index (χ1v) is 8.12. The number of thiophene rings is 1. The van der Waals surface area contributed by atoms with Gasteiger partial charge in [0.25, 0.3) is 0 Å². The van der Waals surface area contributed by atoms with Gasteiger partial charge < -0.3 is 4.90 Å². The highest BCUT2D eigenvalue weighted by Crippen LogP contribution is 2.32. The second-order valence-corrected chi connectivity index (χ2v) is 6.37. The molecule has 0 aromatic carbocycles. The van der Waals surface area contributed by atoms with Crippen LogP contribution < -0.4 is 4.90 Å². The fourth-order valence-corrected chi connectivity index (χ4v) is 3.93. The lowest BCUT2D eigenvalue weighted by Crippen LogP contribution is -2.34. The van der Waals surface area contributed by atoms with Gasteiger partial charge in [0.05, 0.1) is 5.39 Å². The van der Waals surface area contributed by atoms with Crippen LogP contribution in [0.2, 0.25) is 0 Å². The molecule has 0 atom stereocenters. The molecule has 0 unspecified atom stereocenters. The van der Waals surface area contributed by atoms with Crippen LogP contribution in [0.15, 0.2) is 30.0 Å². The zero-order chi connectivity index (χ0) is 14.2. The van der Waals surface area contributed by atoms with E-state index in [-0.39, 0.29) is 0 Å². The minimum atomic E-state index is 0.605. The third-order valence-electron chi connectivity index (χ3n) is 4.31. The summed E-state index contributed by atoms with van der Waals surface area (Å²) in [4.78, 5) is 12.3. The van der Waals surface area contributed by atoms with E-state index in [0.717, 1.165) is 36.6 Å². The molecule has 0 saturated carbocycles. The Kier molecular flexibility index (Phi) is 3.11. The van der Waals surface area contributed by atoms with Gasteiger partial charge >= 0.3 is 0 Å². The van der Waals surface area contributed by atoms with Gasteiger partial charge in [-0.3, -0.25) is 4.68 Å². The van der Waals surface area contributed by atoms with Gasteiger partial charge in [-0.2, -0.15) is 5.10 Å². The maximum Gasteiger partial charge on any atom is 0.140 e. The maximum atomic E-state index is 4.51. The molecular formula is C15H17N5S. The minimum Gasteiger partial charge on any atom is -0.356 e. The van der Waals surface area contributed by atoms with Crippen LogP contribution in [0.4, 0.5) is 5.82 Å². The highest BCUT2D eigenvalue weighted by molar-refractivity contribution is 7.16. The van der Waals surface area contributed by atoms with Gasteiger partial charge in [0.2, 0.25) is 0 Å². The maximum absolute atomic E-state index is 4.51. The summed E-state index contributed by atoms with van der Waals surface area (Å²) in [5, 5.41) is 7.56. The Balaban J connectivity index is 1.55. The van der Waals surface area contributed by atoms with Crippen molar-refractivity contribution in [2.24, 2.45) is 7.05 Å². The Bertz CT molecular complexity index is 754. The highest BCUT2D eigenvalue weighted by Gasteiger charge is 2.24. The quantitative estimate of drug-likeness (QED) is 0.730. The predicted octanol–water partition coefficient (Wildman–Crippen LogP) is 2.81. The molecule has 0 bridgehead atoms. The number of fused-ring (bicyclic) bond motifs is 1. The Labute approximate surface area is 127 Å². The van der Waals surface area contributed by atoms with Gasteiger partial charge in [-0.15, -0.1) is 11.3 Å². The molecule has 3 aromatic rings. The van der Waals surface area contributed by atoms with Gasteiger partial charge in [0.1, 0.15) is 17.0 Å². The van der Waals surface area contributed by atoms with Crippen molar-refractivity contribution in [2.45, 2.75) is 18.8 Å². The minimum absolute atomic E-state index is 0.605. The summed E-state index contributed by atoms with van der Waals surface area (Å²) < 4.78 is 2.00. The average molecular weight is 299 g/mol. The molecule has 4 heterocycles. The van der Waals surface area contributed by atoms with E-state index >= 15 is 0 Å². The van der Waals surface area contributed by atoms with E-state index < -0.39 is 0 Å². The predicted molar refractivity (Wildman–Crippen MR) is 84.8 cm³/mol. The molecule has 0 N–H and O–H groups in total. The molecule has 0 radical (unpaired) electrons. The fourth-order valence-electron chi connectivity index (χ4n) is 3.20. The Morgan fingerprint density at radius 3 is 2.81 bits per heavy atom. The average Bonchev–Trinajstić information content (AvgIpc) is 3.15. The Morgan fingerprint density at radius 1 is 1.19 bits per heavy atom. The number of nitrogens with zero attached hydrogens (tertiary/aromatic N) is 5. The molecule has 3 aromatic heterocycles. The summed E-state index contributed by atoms with van der Waals surface area (Å²) in [6.45, 7) is 2.08. The smallest absolute Gasteiger partial charge is 0.140 e. The molecule has 0 aliphatic carbocycles. The van der Waals surface area contributed by atoms with E-state index in [4.69, 9.17) is 0 Å². The third-order valence-corrected chi connectivity index (χ3v) is 5.13. The number of hydrogen-bond acceptors (Lipinski definition) is 5. The second-order valence-electron chi connectivity index (χ2n) is 5.48. The molecule has 4 rings (SSSR count). The first-order chi connectivity index (χ1) is 10.3. The second kappa shape index (κ2) is 5.11. The SMILES string of the molecule is Cn1nccc1C1CCN(c2ncnc3sccc23)CC1. The van der Waals surface area contributed by atoms with E-state index in [1.165, 1.54) is 11.1 Å². The van der Waals surface area contributed by atoms with Gasteiger partial charge in [-0.25, -0.2) is 9.97 Å². The zero-order valence-corrected chi connectivity index (χ0v) is 12.8. The first-order valence-electron chi connectivity index (χ1n) is 7.24. The van der Waals surface area contributed by atoms with Gasteiger partial charge in [-0.1, -0.05) is 0 Å². The summed E-state index contributed by atoms with van der Waals surface area (Å²) in [5.74, 6) is 1.69. The van der Waals surface area contributed by atoms with Gasteiger partial charge in [0.15, 0.2) is 0 Å². The zero-order valence-electron chi connectivity index (χ0n) is 11.9. The van der Waals surface area contributed by atoms with Crippen molar-refractivity contribution in [1.82, 2.24) is 19.7 Å². The van der Waals surface area contributed by atoms with Crippen molar-refractivity contribution in [3.63, 3.8) is 0 Å². The molecule has 1 aliphatic heterocycles. The van der Waals surface area contributed by atoms with Crippen molar-refractivity contribution in [2.75, 3.05) is 18.0 Å². The molecular weight excluding hydrogens is 282 g/mol. The molecule has 1 fully saturated rings. The van der Waals surface area contributed by atoms with Crippen LogP contribution in [0, 0.1) is 0 Å². The summed E-state index contributed by atoms with van der Waals surface area (Å²) in [6.07, 6.45) is 5.87. The van der Waals surface area contributed by atoms with Crippen LogP contribution in [0.5, 0.6) is 0 Å². The molecule has 5 nitrogen and oxygen atoms in total. The molecule has 1 aliphatic rings. The van der Waals surface area contributed by atoms with Crippen molar-refractivity contribution >= 4 is 27.4 Å². The molecule has 21 heavy (non-hydrogen) atoms. The van der Waals surface area contributed by atoms with Crippen molar-refractivity contribution in [1.29, 1.82) is 0 Å². The van der Waals surface area contributed by atoms with E-state index in [9.17, 15) is 0 Å². The Hall–Kier alpha value is -1.95. The van der Waals surface area contributed by atoms with Crippen LogP contribution >= 0.6 is 11.3 Å². The number of aryl methyl sites for hydroxylation is 1. The topological polar surface area (TPSA) is 46.8 Å². The van der Waals surface area contributed by atoms with E-state index in [0.29, 0.717) is 5.92 Å². The lowest BCUT2D eigenvalue weighted by atomic mass is 9.93. The van der Waals surface area contributed by atoms with Gasteiger partial charge in [0, 0.05) is 37.9 Å². The van der Waals surface area contributed by atoms with Crippen LogP contribution in [0.1, 0.15) is 24.5 Å². The molecule has 0 amide bonds. The van der Waals surface area contributed by atoms with Crippen LogP contribution in [0.25, 0.3) is 10.2 Å². The lowest BCUT2D eigenvalue weighted by Gasteiger charge is -2.33. The van der Waals surface area contributed by atoms with E-state index in [1.807, 2.05) is 17.9 Å². The molecule has 108 valence electrons. The third kappa shape index (κ3) is 2.19. The summed E-state index contributed by atoms with van der Waals surface area (Å²) in [6, 6.07) is 4.27. The fraction of sp³-hybridized carbons (Fsp3) is 0.400. The summed E-state index contributed by atoms with van der Waals surface area (Å²) >= 11 is 1.68. The van der Waals surface area contributed by atoms with Crippen LogP contribution in [-0.2, 0) is 7.05 Å². The van der Waals surface area contributed by atoms with Gasteiger partial charge in [-0.05, 0) is 30.4 Å². The van der Waals surface area contributed by atoms with Crippen LogP contribution in [-0.4, -0.2) is 32.8 Å². The number of aromatic nitrogens is 4. The van der Waals surface area contributed by atoms with E-state index in [1.54, 1.807) is 17.7 Å². The largest absolute Gasteiger partial charge is 0.356 e. The summed E-state index contributed by atoms with van der Waals surface area (Å²) in [7, 11) is 2.03. The number of hydrogen-bond donors (Lipinski definition) is 0. The first kappa shape index (κ1) is 12.8. The van der Waals surface area contributed by atoms with Crippen molar-refractivity contribution in [3.05, 3.63) is 35.7 Å². The van der Waals surface area contributed by atoms with Crippen molar-refractivity contribution < 1.29 is 0 Å². The Morgan fingerprint density at radius 2 is 2.05 bits per heavy atom. The number of piperidine rings is 1. The summed E-state index contributed by atoms with van der Waals surface area (Å²) in [5.41, 5.74) is 1.35. The lowest BCUT2D eigenvalue weighted by molar-refractivity contribution is 0.476.